The fraction of sp³-hybridized carbons (Fsp3) is 0.0213. The zero-order valence-corrected chi connectivity index (χ0v) is 31.3. The fourth-order valence-electron chi connectivity index (χ4n) is 7.50. The van der Waals surface area contributed by atoms with Crippen LogP contribution in [0.1, 0.15) is 5.56 Å². The number of imidazole rings is 1. The molecule has 0 N–H and O–H groups in total. The summed E-state index contributed by atoms with van der Waals surface area (Å²) in [6.45, 7) is 1.91. The van der Waals surface area contributed by atoms with E-state index in [0.29, 0.717) is 56.4 Å². The van der Waals surface area contributed by atoms with Gasteiger partial charge in [-0.05, 0) is 43.3 Å². The zero-order valence-electron chi connectivity index (χ0n) is 30.5. The second kappa shape index (κ2) is 13.5. The Morgan fingerprint density at radius 3 is 1.84 bits per heavy atom. The van der Waals surface area contributed by atoms with E-state index in [1.54, 1.807) is 42.5 Å². The van der Waals surface area contributed by atoms with E-state index in [-0.39, 0.29) is 10.7 Å². The molecule has 0 unspecified atom stereocenters. The van der Waals surface area contributed by atoms with Gasteiger partial charge in [0, 0.05) is 38.6 Å². The molecule has 0 atom stereocenters. The summed E-state index contributed by atoms with van der Waals surface area (Å²) in [6.07, 6.45) is 1.35. The Morgan fingerprint density at radius 2 is 1.16 bits per heavy atom. The molecule has 0 amide bonds. The molecule has 7 aromatic carbocycles. The first-order chi connectivity index (χ1) is 27.8. The van der Waals surface area contributed by atoms with Crippen LogP contribution in [-0.4, -0.2) is 36.9 Å². The molecule has 3 aromatic heterocycles. The molecular weight excluding hydrogens is 732 g/mol. The third-order valence-corrected chi connectivity index (χ3v) is 11.9. The van der Waals surface area contributed by atoms with Crippen LogP contribution in [0.15, 0.2) is 175 Å². The minimum absolute atomic E-state index is 0.136. The molecule has 0 saturated heterocycles. The van der Waals surface area contributed by atoms with Crippen LogP contribution in [-0.2, 0) is 10.0 Å². The standard InChI is InChI=1S/C47H31FN6O2S/c1-30-22-25-34(26-23-30)57(55,56)53-29-49-40-20-11-21-41(44(40)53)54-42-28-33(24-27-36(42)38-18-10-17-37(43(38)54)35-16-8-9-19-39(35)48)47-51-45(31-12-4-2-5-13-31)50-46(52-47)32-14-6-3-7-15-32/h2-29H,1H3. The van der Waals surface area contributed by atoms with Crippen LogP contribution < -0.4 is 0 Å². The first kappa shape index (κ1) is 34.2. The van der Waals surface area contributed by atoms with Crippen LogP contribution >= 0.6 is 0 Å². The maximum atomic E-state index is 15.7. The van der Waals surface area contributed by atoms with E-state index in [1.165, 1.54) is 16.4 Å². The number of hydrogen-bond acceptors (Lipinski definition) is 6. The summed E-state index contributed by atoms with van der Waals surface area (Å²) >= 11 is 0. The minimum Gasteiger partial charge on any atom is -0.306 e. The highest BCUT2D eigenvalue weighted by molar-refractivity contribution is 7.90. The molecule has 3 heterocycles. The van der Waals surface area contributed by atoms with Crippen molar-refractivity contribution < 1.29 is 12.8 Å². The lowest BCUT2D eigenvalue weighted by Crippen LogP contribution is -2.13. The maximum absolute atomic E-state index is 15.7. The van der Waals surface area contributed by atoms with Gasteiger partial charge in [-0.3, -0.25) is 0 Å². The largest absolute Gasteiger partial charge is 0.306 e. The Kier molecular flexibility index (Phi) is 8.08. The van der Waals surface area contributed by atoms with Crippen molar-refractivity contribution in [3.8, 4) is 51.0 Å². The second-order valence-corrected chi connectivity index (χ2v) is 15.6. The Balaban J connectivity index is 1.29. The Labute approximate surface area is 327 Å². The quantitative estimate of drug-likeness (QED) is 0.160. The molecule has 0 aliphatic heterocycles. The van der Waals surface area contributed by atoms with E-state index in [9.17, 15) is 8.42 Å². The summed E-state index contributed by atoms with van der Waals surface area (Å²) in [6, 6.07) is 50.3. The molecular formula is C47H31FN6O2S. The first-order valence-electron chi connectivity index (χ1n) is 18.3. The van der Waals surface area contributed by atoms with Gasteiger partial charge in [0.1, 0.15) is 17.7 Å². The predicted molar refractivity (Wildman–Crippen MR) is 223 cm³/mol. The molecule has 0 fully saturated rings. The predicted octanol–water partition coefficient (Wildman–Crippen LogP) is 10.7. The highest BCUT2D eigenvalue weighted by Gasteiger charge is 2.26. The summed E-state index contributed by atoms with van der Waals surface area (Å²) in [5.74, 6) is 1.13. The van der Waals surface area contributed by atoms with Crippen molar-refractivity contribution in [1.29, 1.82) is 0 Å². The molecule has 57 heavy (non-hydrogen) atoms. The Morgan fingerprint density at radius 1 is 0.544 bits per heavy atom. The molecule has 0 bridgehead atoms. The van der Waals surface area contributed by atoms with Crippen LogP contribution in [0.3, 0.4) is 0 Å². The van der Waals surface area contributed by atoms with E-state index < -0.39 is 10.0 Å². The van der Waals surface area contributed by atoms with Gasteiger partial charge in [0.2, 0.25) is 0 Å². The van der Waals surface area contributed by atoms with Gasteiger partial charge >= 0.3 is 0 Å². The van der Waals surface area contributed by atoms with Gasteiger partial charge in [-0.2, -0.15) is 0 Å². The van der Waals surface area contributed by atoms with Crippen LogP contribution in [0.25, 0.3) is 83.8 Å². The van der Waals surface area contributed by atoms with Gasteiger partial charge in [0.05, 0.1) is 27.1 Å². The maximum Gasteiger partial charge on any atom is 0.269 e. The average Bonchev–Trinajstić information content (AvgIpc) is 3.85. The number of hydrogen-bond donors (Lipinski definition) is 0. The van der Waals surface area contributed by atoms with Crippen molar-refractivity contribution in [3.05, 3.63) is 181 Å². The number of fused-ring (bicyclic) bond motifs is 4. The monoisotopic (exact) mass is 762 g/mol. The lowest BCUT2D eigenvalue weighted by Gasteiger charge is -2.15. The highest BCUT2D eigenvalue weighted by Crippen LogP contribution is 2.42. The van der Waals surface area contributed by atoms with Crippen molar-refractivity contribution in [2.24, 2.45) is 0 Å². The first-order valence-corrected chi connectivity index (χ1v) is 19.8. The van der Waals surface area contributed by atoms with Gasteiger partial charge in [-0.25, -0.2) is 36.7 Å². The number of aryl methyl sites for hydroxylation is 1. The third-order valence-electron chi connectivity index (χ3n) is 10.2. The number of benzene rings is 7. The SMILES string of the molecule is Cc1ccc(S(=O)(=O)n2cnc3cccc(-n4c5cc(-c6nc(-c7ccccc7)nc(-c7ccccc7)n6)ccc5c5cccc(-c6ccccc6F)c54)c32)cc1. The molecule has 0 saturated carbocycles. The zero-order chi connectivity index (χ0) is 38.7. The summed E-state index contributed by atoms with van der Waals surface area (Å²) < 4.78 is 47.8. The molecule has 10 aromatic rings. The highest BCUT2D eigenvalue weighted by atomic mass is 32.2. The van der Waals surface area contributed by atoms with E-state index >= 15 is 4.39 Å². The minimum atomic E-state index is -4.09. The molecule has 274 valence electrons. The normalized spacial score (nSPS) is 11.8. The molecule has 10 heteroatoms. The van der Waals surface area contributed by atoms with E-state index in [0.717, 1.165) is 33.0 Å². The van der Waals surface area contributed by atoms with Crippen LogP contribution in [0.2, 0.25) is 0 Å². The van der Waals surface area contributed by atoms with Crippen molar-refractivity contribution in [2.45, 2.75) is 11.8 Å². The third kappa shape index (κ3) is 5.77. The lowest BCUT2D eigenvalue weighted by atomic mass is 10.0. The number of nitrogens with zero attached hydrogens (tertiary/aromatic N) is 6. The summed E-state index contributed by atoms with van der Waals surface area (Å²) in [5.41, 5.74) is 7.25. The number of para-hydroxylation sites is 2. The summed E-state index contributed by atoms with van der Waals surface area (Å²) in [5, 5.41) is 1.73. The van der Waals surface area contributed by atoms with Crippen molar-refractivity contribution in [1.82, 2.24) is 28.5 Å². The number of halogens is 1. The van der Waals surface area contributed by atoms with E-state index in [2.05, 4.69) is 4.98 Å². The molecule has 10 rings (SSSR count). The van der Waals surface area contributed by atoms with Gasteiger partial charge in [-0.15, -0.1) is 0 Å². The smallest absolute Gasteiger partial charge is 0.269 e. The Bertz CT molecular complexity index is 3210. The molecule has 0 aliphatic carbocycles. The summed E-state index contributed by atoms with van der Waals surface area (Å²) in [4.78, 5) is 19.6. The second-order valence-electron chi connectivity index (χ2n) is 13.8. The van der Waals surface area contributed by atoms with Gasteiger partial charge < -0.3 is 4.57 Å². The fourth-order valence-corrected chi connectivity index (χ4v) is 8.80. The van der Waals surface area contributed by atoms with E-state index in [4.69, 9.17) is 15.0 Å². The number of rotatable bonds is 7. The van der Waals surface area contributed by atoms with E-state index in [1.807, 2.05) is 127 Å². The van der Waals surface area contributed by atoms with Crippen molar-refractivity contribution in [2.75, 3.05) is 0 Å². The average molecular weight is 763 g/mol. The molecule has 0 aliphatic rings. The molecule has 8 nitrogen and oxygen atoms in total. The topological polar surface area (TPSA) is 95.6 Å². The van der Waals surface area contributed by atoms with Crippen LogP contribution in [0.5, 0.6) is 0 Å². The van der Waals surface area contributed by atoms with Crippen LogP contribution in [0.4, 0.5) is 4.39 Å². The molecule has 0 spiro atoms. The van der Waals surface area contributed by atoms with Gasteiger partial charge in [0.15, 0.2) is 17.5 Å². The van der Waals surface area contributed by atoms with Crippen molar-refractivity contribution >= 4 is 42.9 Å². The Hall–Kier alpha value is -7.30. The molecule has 0 radical (unpaired) electrons. The number of aromatic nitrogens is 6. The summed E-state index contributed by atoms with van der Waals surface area (Å²) in [7, 11) is -4.09. The van der Waals surface area contributed by atoms with Crippen molar-refractivity contribution in [3.63, 3.8) is 0 Å². The van der Waals surface area contributed by atoms with Crippen LogP contribution in [0, 0.1) is 12.7 Å². The van der Waals surface area contributed by atoms with Gasteiger partial charge in [0.25, 0.3) is 10.0 Å². The van der Waals surface area contributed by atoms with Gasteiger partial charge in [-0.1, -0.05) is 133 Å². The lowest BCUT2D eigenvalue weighted by molar-refractivity contribution is 0.588.